The number of hydrogen-bond donors (Lipinski definition) is 2. The summed E-state index contributed by atoms with van der Waals surface area (Å²) in [5, 5.41) is 8.90. The quantitative estimate of drug-likeness (QED) is 0.865. The molecule has 0 bridgehead atoms. The topological polar surface area (TPSA) is 54.0 Å². The van der Waals surface area contributed by atoms with Crippen LogP contribution in [0.15, 0.2) is 5.38 Å². The Morgan fingerprint density at radius 2 is 2.28 bits per heavy atom. The Hall–Kier alpha value is -0.940. The van der Waals surface area contributed by atoms with E-state index in [2.05, 4.69) is 36.4 Å². The Morgan fingerprint density at radius 3 is 2.78 bits per heavy atom. The first kappa shape index (κ1) is 13.5. The van der Waals surface area contributed by atoms with E-state index in [4.69, 9.17) is 0 Å². The van der Waals surface area contributed by atoms with Crippen LogP contribution in [0.2, 0.25) is 0 Å². The van der Waals surface area contributed by atoms with Crippen LogP contribution in [-0.2, 0) is 10.2 Å². The molecule has 0 aromatic carbocycles. The summed E-state index contributed by atoms with van der Waals surface area (Å²) in [6.07, 6.45) is 0.885. The summed E-state index contributed by atoms with van der Waals surface area (Å²) < 4.78 is 0. The molecule has 1 amide bonds. The van der Waals surface area contributed by atoms with Crippen molar-refractivity contribution < 1.29 is 4.79 Å². The number of aromatic nitrogens is 1. The zero-order chi connectivity index (χ0) is 13.4. The molecule has 1 fully saturated rings. The Balaban J connectivity index is 2.06. The summed E-state index contributed by atoms with van der Waals surface area (Å²) in [5.41, 5.74) is 0.753. The van der Waals surface area contributed by atoms with Gasteiger partial charge in [0, 0.05) is 17.3 Å². The van der Waals surface area contributed by atoms with Gasteiger partial charge < -0.3 is 10.6 Å². The first-order chi connectivity index (χ1) is 8.31. The fourth-order valence-electron chi connectivity index (χ4n) is 1.93. The van der Waals surface area contributed by atoms with Crippen LogP contribution in [0.5, 0.6) is 0 Å². The van der Waals surface area contributed by atoms with Gasteiger partial charge in [-0.05, 0) is 19.9 Å². The molecule has 1 saturated heterocycles. The molecule has 100 valence electrons. The third kappa shape index (κ3) is 2.72. The lowest BCUT2D eigenvalue weighted by Gasteiger charge is -2.20. The van der Waals surface area contributed by atoms with Gasteiger partial charge in [-0.25, -0.2) is 4.98 Å². The zero-order valence-electron chi connectivity index (χ0n) is 11.5. The molecule has 1 unspecified atom stereocenters. The van der Waals surface area contributed by atoms with E-state index in [-0.39, 0.29) is 16.7 Å². The van der Waals surface area contributed by atoms with Crippen molar-refractivity contribution in [3.05, 3.63) is 11.1 Å². The van der Waals surface area contributed by atoms with Crippen molar-refractivity contribution in [3.63, 3.8) is 0 Å². The minimum Gasteiger partial charge on any atom is -0.316 e. The van der Waals surface area contributed by atoms with Crippen LogP contribution in [0.25, 0.3) is 0 Å². The molecule has 0 radical (unpaired) electrons. The molecule has 0 aliphatic carbocycles. The average Bonchev–Trinajstić information content (AvgIpc) is 2.86. The van der Waals surface area contributed by atoms with E-state index >= 15 is 0 Å². The second-order valence-electron chi connectivity index (χ2n) is 6.23. The van der Waals surface area contributed by atoms with Crippen molar-refractivity contribution in [1.82, 2.24) is 10.3 Å². The van der Waals surface area contributed by atoms with Crippen LogP contribution in [0.4, 0.5) is 5.13 Å². The van der Waals surface area contributed by atoms with Crippen LogP contribution in [0, 0.1) is 5.41 Å². The van der Waals surface area contributed by atoms with E-state index in [1.54, 1.807) is 0 Å². The molecule has 2 heterocycles. The molecule has 1 aromatic heterocycles. The van der Waals surface area contributed by atoms with Gasteiger partial charge >= 0.3 is 0 Å². The van der Waals surface area contributed by atoms with Gasteiger partial charge in [0.1, 0.15) is 0 Å². The number of carbonyl (C=O) groups excluding carboxylic acids is 1. The minimum absolute atomic E-state index is 0.0261. The van der Waals surface area contributed by atoms with Crippen LogP contribution < -0.4 is 10.6 Å². The molecule has 0 saturated carbocycles. The van der Waals surface area contributed by atoms with Crippen LogP contribution in [-0.4, -0.2) is 24.0 Å². The summed E-state index contributed by atoms with van der Waals surface area (Å²) in [5.74, 6) is 0.0716. The SMILES string of the molecule is CC1(C(=O)Nc2nc(C(C)(C)C)cs2)CCNC1. The number of rotatable bonds is 2. The van der Waals surface area contributed by atoms with Crippen LogP contribution >= 0.6 is 11.3 Å². The number of hydrogen-bond acceptors (Lipinski definition) is 4. The van der Waals surface area contributed by atoms with Crippen molar-refractivity contribution in [2.24, 2.45) is 5.41 Å². The van der Waals surface area contributed by atoms with E-state index in [9.17, 15) is 4.79 Å². The predicted molar refractivity (Wildman–Crippen MR) is 75.0 cm³/mol. The smallest absolute Gasteiger partial charge is 0.233 e. The van der Waals surface area contributed by atoms with E-state index in [0.29, 0.717) is 5.13 Å². The molecule has 1 aliphatic rings. The standard InChI is InChI=1S/C13H21N3OS/c1-12(2,3)9-7-18-11(15-9)16-10(17)13(4)5-6-14-8-13/h7,14H,5-6,8H2,1-4H3,(H,15,16,17). The number of amides is 1. The Labute approximate surface area is 112 Å². The highest BCUT2D eigenvalue weighted by Crippen LogP contribution is 2.29. The van der Waals surface area contributed by atoms with E-state index in [1.807, 2.05) is 12.3 Å². The van der Waals surface area contributed by atoms with Crippen molar-refractivity contribution in [3.8, 4) is 0 Å². The third-order valence-corrected chi connectivity index (χ3v) is 4.17. The first-order valence-electron chi connectivity index (χ1n) is 6.29. The van der Waals surface area contributed by atoms with Gasteiger partial charge in [-0.2, -0.15) is 0 Å². The molecular formula is C13H21N3OS. The molecule has 5 heteroatoms. The third-order valence-electron chi connectivity index (χ3n) is 3.41. The average molecular weight is 267 g/mol. The molecule has 2 rings (SSSR count). The number of anilines is 1. The molecule has 4 nitrogen and oxygen atoms in total. The summed E-state index contributed by atoms with van der Waals surface area (Å²) in [6.45, 7) is 10.0. The number of thiazole rings is 1. The lowest BCUT2D eigenvalue weighted by molar-refractivity contribution is -0.123. The van der Waals surface area contributed by atoms with E-state index in [1.165, 1.54) is 11.3 Å². The first-order valence-corrected chi connectivity index (χ1v) is 7.17. The molecule has 0 spiro atoms. The van der Waals surface area contributed by atoms with Gasteiger partial charge in [-0.3, -0.25) is 4.79 Å². The largest absolute Gasteiger partial charge is 0.316 e. The highest BCUT2D eigenvalue weighted by molar-refractivity contribution is 7.13. The second kappa shape index (κ2) is 4.63. The highest BCUT2D eigenvalue weighted by Gasteiger charge is 2.36. The van der Waals surface area contributed by atoms with Gasteiger partial charge in [0.05, 0.1) is 11.1 Å². The van der Waals surface area contributed by atoms with Gasteiger partial charge in [0.15, 0.2) is 5.13 Å². The second-order valence-corrected chi connectivity index (χ2v) is 7.09. The predicted octanol–water partition coefficient (Wildman–Crippen LogP) is 2.38. The molecule has 1 aliphatic heterocycles. The summed E-state index contributed by atoms with van der Waals surface area (Å²) >= 11 is 1.50. The summed E-state index contributed by atoms with van der Waals surface area (Å²) in [4.78, 5) is 16.7. The summed E-state index contributed by atoms with van der Waals surface area (Å²) in [6, 6.07) is 0. The van der Waals surface area contributed by atoms with Crippen LogP contribution in [0.3, 0.4) is 0 Å². The Bertz CT molecular complexity index is 441. The van der Waals surface area contributed by atoms with Crippen LogP contribution in [0.1, 0.15) is 39.8 Å². The fraction of sp³-hybridized carbons (Fsp3) is 0.692. The van der Waals surface area contributed by atoms with Crippen molar-refractivity contribution in [2.75, 3.05) is 18.4 Å². The van der Waals surface area contributed by atoms with Crippen molar-refractivity contribution in [2.45, 2.75) is 39.5 Å². The van der Waals surface area contributed by atoms with Gasteiger partial charge in [0.2, 0.25) is 5.91 Å². The lowest BCUT2D eigenvalue weighted by atomic mass is 9.89. The maximum Gasteiger partial charge on any atom is 0.233 e. The van der Waals surface area contributed by atoms with E-state index in [0.717, 1.165) is 25.2 Å². The fourth-order valence-corrected chi connectivity index (χ4v) is 2.87. The molecule has 1 atom stereocenters. The Morgan fingerprint density at radius 1 is 1.56 bits per heavy atom. The zero-order valence-corrected chi connectivity index (χ0v) is 12.3. The lowest BCUT2D eigenvalue weighted by Crippen LogP contribution is -2.35. The van der Waals surface area contributed by atoms with E-state index < -0.39 is 0 Å². The van der Waals surface area contributed by atoms with Gasteiger partial charge in [0.25, 0.3) is 0 Å². The van der Waals surface area contributed by atoms with Gasteiger partial charge in [-0.15, -0.1) is 11.3 Å². The molecule has 1 aromatic rings. The highest BCUT2D eigenvalue weighted by atomic mass is 32.1. The maximum absolute atomic E-state index is 12.2. The summed E-state index contributed by atoms with van der Waals surface area (Å²) in [7, 11) is 0. The van der Waals surface area contributed by atoms with Gasteiger partial charge in [-0.1, -0.05) is 20.8 Å². The molecule has 2 N–H and O–H groups in total. The Kier molecular flexibility index (Phi) is 3.47. The monoisotopic (exact) mass is 267 g/mol. The molecular weight excluding hydrogens is 246 g/mol. The van der Waals surface area contributed by atoms with Crippen molar-refractivity contribution >= 4 is 22.4 Å². The number of carbonyl (C=O) groups is 1. The minimum atomic E-state index is -0.298. The molecule has 18 heavy (non-hydrogen) atoms. The number of nitrogens with one attached hydrogen (secondary N) is 2. The number of nitrogens with zero attached hydrogens (tertiary/aromatic N) is 1. The van der Waals surface area contributed by atoms with Crippen molar-refractivity contribution in [1.29, 1.82) is 0 Å². The maximum atomic E-state index is 12.2. The normalized spacial score (nSPS) is 24.2.